The van der Waals surface area contributed by atoms with E-state index in [4.69, 9.17) is 4.42 Å². The van der Waals surface area contributed by atoms with Crippen molar-refractivity contribution in [1.29, 1.82) is 0 Å². The van der Waals surface area contributed by atoms with E-state index in [-0.39, 0.29) is 5.91 Å². The summed E-state index contributed by atoms with van der Waals surface area (Å²) in [6.45, 7) is 10.0. The molecule has 2 aromatic rings. The minimum Gasteiger partial charge on any atom is -0.450 e. The lowest BCUT2D eigenvalue weighted by Crippen LogP contribution is -2.44. The van der Waals surface area contributed by atoms with Gasteiger partial charge in [0.25, 0.3) is 5.91 Å². The van der Waals surface area contributed by atoms with Crippen molar-refractivity contribution in [3.63, 3.8) is 0 Å². The molecule has 0 aliphatic carbocycles. The number of furan rings is 1. The number of hydrogen-bond donors (Lipinski definition) is 1. The molecule has 1 aromatic heterocycles. The zero-order valence-electron chi connectivity index (χ0n) is 14.9. The lowest BCUT2D eigenvalue weighted by molar-refractivity contribution is 0.0578. The molecule has 4 rings (SSSR count). The van der Waals surface area contributed by atoms with Crippen LogP contribution in [-0.4, -0.2) is 37.0 Å². The van der Waals surface area contributed by atoms with Gasteiger partial charge in [0.05, 0.1) is 0 Å². The van der Waals surface area contributed by atoms with Crippen LogP contribution in [0.25, 0.3) is 11.0 Å². The third-order valence-electron chi connectivity index (χ3n) is 6.12. The second-order valence-electron chi connectivity index (χ2n) is 7.68. The first-order valence-corrected chi connectivity index (χ1v) is 9.00. The number of benzene rings is 1. The van der Waals surface area contributed by atoms with Crippen molar-refractivity contribution in [3.05, 3.63) is 34.6 Å². The topological polar surface area (TPSA) is 45.5 Å². The molecule has 2 fully saturated rings. The van der Waals surface area contributed by atoms with Gasteiger partial charge in [-0.05, 0) is 63.1 Å². The van der Waals surface area contributed by atoms with Crippen molar-refractivity contribution in [3.8, 4) is 0 Å². The molecule has 1 amide bonds. The van der Waals surface area contributed by atoms with Crippen LogP contribution < -0.4 is 5.32 Å². The fourth-order valence-electron chi connectivity index (χ4n) is 4.43. The molecule has 0 atom stereocenters. The lowest BCUT2D eigenvalue weighted by Gasteiger charge is -2.38. The molecule has 1 spiro atoms. The number of rotatable bonds is 1. The summed E-state index contributed by atoms with van der Waals surface area (Å²) in [6, 6.07) is 4.17. The summed E-state index contributed by atoms with van der Waals surface area (Å²) < 4.78 is 6.04. The van der Waals surface area contributed by atoms with E-state index in [1.54, 1.807) is 0 Å². The van der Waals surface area contributed by atoms with Crippen LogP contribution in [0.4, 0.5) is 0 Å². The van der Waals surface area contributed by atoms with Gasteiger partial charge in [-0.3, -0.25) is 4.79 Å². The number of piperidine rings is 1. The lowest BCUT2D eigenvalue weighted by atomic mass is 9.78. The number of aryl methyl sites for hydroxylation is 3. The number of carbonyl (C=O) groups excluding carboxylic acids is 1. The van der Waals surface area contributed by atoms with Gasteiger partial charge in [-0.1, -0.05) is 12.1 Å². The SMILES string of the molecule is Cc1ccc(C)c2c(C)c(C(=O)N3CCC4(CCNC4)CC3)oc12. The molecule has 0 saturated carbocycles. The average molecular weight is 326 g/mol. The Bertz CT molecular complexity index is 790. The smallest absolute Gasteiger partial charge is 0.289 e. The van der Waals surface area contributed by atoms with E-state index in [1.807, 2.05) is 18.7 Å². The van der Waals surface area contributed by atoms with Crippen molar-refractivity contribution in [2.45, 2.75) is 40.0 Å². The van der Waals surface area contributed by atoms with E-state index >= 15 is 0 Å². The summed E-state index contributed by atoms with van der Waals surface area (Å²) in [6.07, 6.45) is 3.45. The Morgan fingerprint density at radius 3 is 2.46 bits per heavy atom. The normalized spacial score (nSPS) is 20.2. The van der Waals surface area contributed by atoms with Gasteiger partial charge in [-0.15, -0.1) is 0 Å². The van der Waals surface area contributed by atoms with Crippen LogP contribution in [0, 0.1) is 26.2 Å². The maximum absolute atomic E-state index is 13.0. The fourth-order valence-corrected chi connectivity index (χ4v) is 4.43. The monoisotopic (exact) mass is 326 g/mol. The Morgan fingerprint density at radius 2 is 1.83 bits per heavy atom. The van der Waals surface area contributed by atoms with Crippen LogP contribution in [0.5, 0.6) is 0 Å². The molecular weight excluding hydrogens is 300 g/mol. The van der Waals surface area contributed by atoms with Crippen molar-refractivity contribution in [2.24, 2.45) is 5.41 Å². The van der Waals surface area contributed by atoms with E-state index in [0.717, 1.165) is 61.1 Å². The summed E-state index contributed by atoms with van der Waals surface area (Å²) in [5.74, 6) is 0.589. The molecule has 2 saturated heterocycles. The molecule has 128 valence electrons. The van der Waals surface area contributed by atoms with Crippen LogP contribution >= 0.6 is 0 Å². The maximum atomic E-state index is 13.0. The Hall–Kier alpha value is -1.81. The minimum atomic E-state index is 0.0586. The highest BCUT2D eigenvalue weighted by molar-refractivity contribution is 6.00. The largest absolute Gasteiger partial charge is 0.450 e. The third-order valence-corrected chi connectivity index (χ3v) is 6.12. The quantitative estimate of drug-likeness (QED) is 0.871. The standard InChI is InChI=1S/C20H26N2O2/c1-13-4-5-14(2)17-16(13)15(3)18(24-17)19(23)22-10-7-20(8-11-22)6-9-21-12-20/h4-5,21H,6-12H2,1-3H3. The number of amides is 1. The molecule has 0 unspecified atom stereocenters. The van der Waals surface area contributed by atoms with Gasteiger partial charge in [-0.25, -0.2) is 0 Å². The molecule has 1 N–H and O–H groups in total. The van der Waals surface area contributed by atoms with Gasteiger partial charge in [0.2, 0.25) is 0 Å². The highest BCUT2D eigenvalue weighted by Gasteiger charge is 2.39. The number of fused-ring (bicyclic) bond motifs is 1. The van der Waals surface area contributed by atoms with Gasteiger partial charge in [0, 0.05) is 30.6 Å². The predicted octanol–water partition coefficient (Wildman–Crippen LogP) is 3.57. The van der Waals surface area contributed by atoms with Gasteiger partial charge in [-0.2, -0.15) is 0 Å². The highest BCUT2D eigenvalue weighted by atomic mass is 16.3. The van der Waals surface area contributed by atoms with E-state index < -0.39 is 0 Å². The zero-order valence-corrected chi connectivity index (χ0v) is 14.9. The number of nitrogens with zero attached hydrogens (tertiary/aromatic N) is 1. The minimum absolute atomic E-state index is 0.0586. The zero-order chi connectivity index (χ0) is 16.9. The second kappa shape index (κ2) is 5.62. The van der Waals surface area contributed by atoms with Crippen LogP contribution in [0.2, 0.25) is 0 Å². The molecule has 2 aliphatic rings. The van der Waals surface area contributed by atoms with E-state index in [1.165, 1.54) is 12.0 Å². The number of carbonyl (C=O) groups is 1. The Labute approximate surface area is 143 Å². The van der Waals surface area contributed by atoms with Crippen LogP contribution in [0.15, 0.2) is 16.5 Å². The summed E-state index contributed by atoms with van der Waals surface area (Å²) in [5.41, 5.74) is 4.54. The fraction of sp³-hybridized carbons (Fsp3) is 0.550. The average Bonchev–Trinajstić information content (AvgIpc) is 3.17. The Balaban J connectivity index is 1.61. The van der Waals surface area contributed by atoms with E-state index in [9.17, 15) is 4.79 Å². The summed E-state index contributed by atoms with van der Waals surface area (Å²) in [4.78, 5) is 15.0. The Kier molecular flexibility index (Phi) is 3.68. The maximum Gasteiger partial charge on any atom is 0.289 e. The molecule has 24 heavy (non-hydrogen) atoms. The van der Waals surface area contributed by atoms with Gasteiger partial charge in [0.1, 0.15) is 5.58 Å². The van der Waals surface area contributed by atoms with E-state index in [2.05, 4.69) is 24.4 Å². The predicted molar refractivity (Wildman–Crippen MR) is 95.5 cm³/mol. The molecule has 0 bridgehead atoms. The molecule has 2 aliphatic heterocycles. The van der Waals surface area contributed by atoms with Gasteiger partial charge in [0.15, 0.2) is 5.76 Å². The van der Waals surface area contributed by atoms with Crippen LogP contribution in [0.3, 0.4) is 0 Å². The third kappa shape index (κ3) is 2.35. The Morgan fingerprint density at radius 1 is 1.12 bits per heavy atom. The number of hydrogen-bond acceptors (Lipinski definition) is 3. The molecule has 0 radical (unpaired) electrons. The molecule has 1 aromatic carbocycles. The molecule has 4 heteroatoms. The molecular formula is C20H26N2O2. The van der Waals surface area contributed by atoms with Crippen molar-refractivity contribution < 1.29 is 9.21 Å². The van der Waals surface area contributed by atoms with Crippen molar-refractivity contribution >= 4 is 16.9 Å². The summed E-state index contributed by atoms with van der Waals surface area (Å²) in [5, 5.41) is 4.58. The second-order valence-corrected chi connectivity index (χ2v) is 7.68. The first-order chi connectivity index (χ1) is 11.5. The summed E-state index contributed by atoms with van der Waals surface area (Å²) >= 11 is 0. The summed E-state index contributed by atoms with van der Waals surface area (Å²) in [7, 11) is 0. The highest BCUT2D eigenvalue weighted by Crippen LogP contribution is 2.38. The van der Waals surface area contributed by atoms with Crippen molar-refractivity contribution in [2.75, 3.05) is 26.2 Å². The first kappa shape index (κ1) is 15.7. The van der Waals surface area contributed by atoms with Gasteiger partial charge < -0.3 is 14.6 Å². The number of nitrogens with one attached hydrogen (secondary N) is 1. The van der Waals surface area contributed by atoms with Gasteiger partial charge >= 0.3 is 0 Å². The molecule has 4 nitrogen and oxygen atoms in total. The molecule has 3 heterocycles. The van der Waals surface area contributed by atoms with Crippen LogP contribution in [-0.2, 0) is 0 Å². The van der Waals surface area contributed by atoms with Crippen molar-refractivity contribution in [1.82, 2.24) is 10.2 Å². The van der Waals surface area contributed by atoms with Crippen LogP contribution in [0.1, 0.15) is 46.5 Å². The first-order valence-electron chi connectivity index (χ1n) is 9.00. The number of likely N-dealkylation sites (tertiary alicyclic amines) is 1. The van der Waals surface area contributed by atoms with E-state index in [0.29, 0.717) is 11.2 Å².